The van der Waals surface area contributed by atoms with E-state index >= 15 is 0 Å². The Labute approximate surface area is 282 Å². The minimum absolute atomic E-state index is 0.308. The molecule has 0 aliphatic rings. The Kier molecular flexibility index (Phi) is 13.4. The van der Waals surface area contributed by atoms with Gasteiger partial charge in [-0.15, -0.1) is 6.07 Å². The molecule has 0 nitrogen and oxygen atoms in total. The summed E-state index contributed by atoms with van der Waals surface area (Å²) in [4.78, 5) is 0. The molecule has 0 unspecified atom stereocenters. The summed E-state index contributed by atoms with van der Waals surface area (Å²) in [7, 11) is 7.14. The normalized spacial score (nSPS) is 12.7. The Balaban J connectivity index is 0.00000111. The first-order valence-electron chi connectivity index (χ1n) is 13.8. The standard InChI is InChI=1S/C35H40P2.2Au.2ClH/c1-25(37(34(2,3)4)35(5,6)7)28-21-14-24-31(28)36(32-22-12-17-26-15-8-10-19-29(26)32)33-23-13-18-27-16-9-11-20-30(27)33;;;;/h8-25,36H,1-7H3;;;2*1H/q;2*+1;;/p-1/t25-;;;;/m0..../s1. The Morgan fingerprint density at radius 2 is 1.00 bits per heavy atom. The molecule has 0 saturated carbocycles. The number of benzene rings is 4. The summed E-state index contributed by atoms with van der Waals surface area (Å²) in [6.07, 6.45) is 0. The van der Waals surface area contributed by atoms with Crippen LogP contribution >= 0.6 is 34.2 Å². The predicted molar refractivity (Wildman–Crippen MR) is 185 cm³/mol. The van der Waals surface area contributed by atoms with Crippen LogP contribution in [0.5, 0.6) is 0 Å². The first-order chi connectivity index (χ1) is 19.6. The maximum atomic E-state index is 4.58. The molecule has 0 amide bonds. The molecule has 5 rings (SSSR count). The van der Waals surface area contributed by atoms with Crippen LogP contribution in [-0.4, -0.2) is 10.3 Å². The summed E-state index contributed by atoms with van der Waals surface area (Å²) in [5, 5.41) is 10.6. The van der Waals surface area contributed by atoms with E-state index in [1.165, 1.54) is 32.2 Å². The second kappa shape index (κ2) is 15.6. The molecule has 0 spiro atoms. The maximum absolute atomic E-state index is 4.58. The van der Waals surface area contributed by atoms with Gasteiger partial charge < -0.3 is 0 Å². The zero-order valence-electron chi connectivity index (χ0n) is 24.8. The molecule has 5 aromatic carbocycles. The van der Waals surface area contributed by atoms with Crippen LogP contribution < -0.4 is 15.9 Å². The summed E-state index contributed by atoms with van der Waals surface area (Å²) < 4.78 is 0. The van der Waals surface area contributed by atoms with Gasteiger partial charge in [0.05, 0.1) is 34.5 Å². The summed E-state index contributed by atoms with van der Waals surface area (Å²) in [5.41, 5.74) is 2.13. The van der Waals surface area contributed by atoms with E-state index in [1.807, 2.05) is 0 Å². The van der Waals surface area contributed by atoms with Crippen molar-refractivity contribution >= 4 is 71.7 Å². The van der Waals surface area contributed by atoms with Crippen molar-refractivity contribution in [3.63, 3.8) is 0 Å². The van der Waals surface area contributed by atoms with Crippen LogP contribution in [0.25, 0.3) is 21.5 Å². The molecule has 0 fully saturated rings. The number of hydrogen-bond donors (Lipinski definition) is 0. The van der Waals surface area contributed by atoms with Crippen LogP contribution in [-0.2, 0) is 40.0 Å². The second-order valence-electron chi connectivity index (χ2n) is 12.5. The van der Waals surface area contributed by atoms with Crippen molar-refractivity contribution in [3.05, 3.63) is 109 Å². The van der Waals surface area contributed by atoms with E-state index in [9.17, 15) is 0 Å². The third kappa shape index (κ3) is 8.04. The molecule has 6 heteroatoms. The fourth-order valence-corrected chi connectivity index (χ4v) is 15.7. The van der Waals surface area contributed by atoms with Gasteiger partial charge in [-0.05, 0) is 71.4 Å². The van der Waals surface area contributed by atoms with Gasteiger partial charge in [0.1, 0.15) is 0 Å². The molecule has 0 aliphatic heterocycles. The predicted octanol–water partition coefficient (Wildman–Crippen LogP) is 10.4. The van der Waals surface area contributed by atoms with Gasteiger partial charge in [0.15, 0.2) is 0 Å². The average Bonchev–Trinajstić information content (AvgIpc) is 3.44. The first kappa shape index (κ1) is 35.2. The molecule has 0 bridgehead atoms. The van der Waals surface area contributed by atoms with Crippen molar-refractivity contribution in [1.29, 1.82) is 0 Å². The summed E-state index contributed by atoms with van der Waals surface area (Å²) in [6.45, 7) is 17.3. The van der Waals surface area contributed by atoms with Crippen molar-refractivity contribution in [3.8, 4) is 0 Å². The van der Waals surface area contributed by atoms with Gasteiger partial charge in [-0.2, -0.15) is 0 Å². The molecule has 0 aliphatic carbocycles. The Hall–Kier alpha value is -0.329. The molecular weight excluding hydrogens is 947 g/mol. The van der Waals surface area contributed by atoms with E-state index in [0.717, 1.165) is 0 Å². The summed E-state index contributed by atoms with van der Waals surface area (Å²) >= 11 is 3.50. The zero-order valence-corrected chi connectivity index (χ0v) is 32.6. The molecule has 41 heavy (non-hydrogen) atoms. The average molecular weight is 989 g/mol. The van der Waals surface area contributed by atoms with E-state index in [4.69, 9.17) is 0 Å². The number of halogens is 2. The van der Waals surface area contributed by atoms with Gasteiger partial charge in [-0.1, -0.05) is 78.4 Å². The minimum atomic E-state index is -1.27. The van der Waals surface area contributed by atoms with E-state index < -0.39 is 15.8 Å². The Morgan fingerprint density at radius 1 is 0.585 bits per heavy atom. The van der Waals surface area contributed by atoms with Crippen LogP contribution in [0.4, 0.5) is 0 Å². The van der Waals surface area contributed by atoms with Crippen LogP contribution in [0.2, 0.25) is 0 Å². The van der Waals surface area contributed by atoms with Crippen molar-refractivity contribution in [2.24, 2.45) is 0 Å². The van der Waals surface area contributed by atoms with Crippen molar-refractivity contribution in [1.82, 2.24) is 0 Å². The Bertz CT molecular complexity index is 1450. The van der Waals surface area contributed by atoms with Gasteiger partial charge in [-0.25, -0.2) is 12.1 Å². The number of hydrogen-bond acceptors (Lipinski definition) is 0. The van der Waals surface area contributed by atoms with E-state index in [0.29, 0.717) is 16.0 Å². The molecule has 0 saturated heterocycles. The summed E-state index contributed by atoms with van der Waals surface area (Å²) in [5.74, 6) is 0. The van der Waals surface area contributed by atoms with Crippen LogP contribution in [0, 0.1) is 0 Å². The monoisotopic (exact) mass is 987 g/mol. The number of fused-ring (bicyclic) bond motifs is 2. The Morgan fingerprint density at radius 3 is 1.44 bits per heavy atom. The molecule has 0 aromatic heterocycles. The molecular formula is C35H41Au2Cl2P2+. The van der Waals surface area contributed by atoms with Gasteiger partial charge in [0.25, 0.3) is 0 Å². The van der Waals surface area contributed by atoms with Crippen LogP contribution in [0.15, 0.2) is 103 Å². The van der Waals surface area contributed by atoms with E-state index in [-0.39, 0.29) is 0 Å². The molecule has 0 radical (unpaired) electrons. The third-order valence-corrected chi connectivity index (χ3v) is 15.1. The zero-order chi connectivity index (χ0) is 30.4. The van der Waals surface area contributed by atoms with Crippen molar-refractivity contribution < 1.29 is 40.0 Å². The van der Waals surface area contributed by atoms with Crippen LogP contribution in [0.3, 0.4) is 0 Å². The fraction of sp³-hybridized carbons (Fsp3) is 0.286. The molecule has 1 atom stereocenters. The molecule has 0 heterocycles. The van der Waals surface area contributed by atoms with Crippen molar-refractivity contribution in [2.45, 2.75) is 64.4 Å². The van der Waals surface area contributed by atoms with Gasteiger partial charge in [0.2, 0.25) is 0 Å². The quantitative estimate of drug-likeness (QED) is 0.0935. The molecule has 226 valence electrons. The van der Waals surface area contributed by atoms with Crippen molar-refractivity contribution in [2.75, 3.05) is 0 Å². The van der Waals surface area contributed by atoms with Gasteiger partial charge in [0, 0.05) is 24.0 Å². The first-order valence-corrected chi connectivity index (χ1v) is 22.2. The molecule has 5 aromatic rings. The third-order valence-electron chi connectivity index (χ3n) is 7.75. The SMILES string of the molecule is C[C@@H](c1ccc[c-]1[PH+](c1cccc2ccccc12)c1cccc2ccccc12)[PH+](C(C)(C)C)C(C)(C)C.[Cl][Au].[Cl][Au]. The van der Waals surface area contributed by atoms with Crippen LogP contribution in [0.1, 0.15) is 59.7 Å². The summed E-state index contributed by atoms with van der Waals surface area (Å²) in [6, 6.07) is 39.0. The van der Waals surface area contributed by atoms with Gasteiger partial charge >= 0.3 is 58.4 Å². The van der Waals surface area contributed by atoms with E-state index in [2.05, 4.69) is 170 Å². The number of rotatable bonds is 5. The van der Waals surface area contributed by atoms with Gasteiger partial charge in [-0.3, -0.25) is 0 Å². The second-order valence-corrected chi connectivity index (χ2v) is 19.5. The fourth-order valence-electron chi connectivity index (χ4n) is 6.94. The van der Waals surface area contributed by atoms with E-state index in [1.54, 1.807) is 50.8 Å². The topological polar surface area (TPSA) is 0 Å². The molecule has 0 N–H and O–H groups in total.